The number of halogens is 2. The number of aromatic carboxylic acids is 1. The van der Waals surface area contributed by atoms with Crippen molar-refractivity contribution in [1.29, 1.82) is 0 Å². The Morgan fingerprint density at radius 2 is 1.04 bits per heavy atom. The summed E-state index contributed by atoms with van der Waals surface area (Å²) in [5.41, 5.74) is 7.36. The summed E-state index contributed by atoms with van der Waals surface area (Å²) in [5.74, 6) is -0.858. The van der Waals surface area contributed by atoms with Crippen molar-refractivity contribution in [2.24, 2.45) is 0 Å². The molecule has 3 nitrogen and oxygen atoms in total. The molecule has 3 aromatic carbocycles. The number of carboxylic acids is 1. The number of nitrogens with zero attached hydrogens (tertiary/aromatic N) is 1. The van der Waals surface area contributed by atoms with E-state index in [-0.39, 0.29) is 0 Å². The van der Waals surface area contributed by atoms with Crippen LogP contribution in [0.1, 0.15) is 86.0 Å². The van der Waals surface area contributed by atoms with E-state index < -0.39 is 5.97 Å². The molecule has 0 saturated heterocycles. The van der Waals surface area contributed by atoms with Crippen LogP contribution < -0.4 is 4.90 Å². The molecular weight excluding hydrogens is 818 g/mol. The molecule has 6 aromatic rings. The number of rotatable bonds is 17. The zero-order chi connectivity index (χ0) is 35.7. The maximum Gasteiger partial charge on any atom is 0.345 e. The predicted octanol–water partition coefficient (Wildman–Crippen LogP) is 15.8. The zero-order valence-corrected chi connectivity index (χ0v) is 34.7. The number of aryl methyl sites for hydroxylation is 2. The first-order valence-electron chi connectivity index (χ1n) is 17.9. The smallest absolute Gasteiger partial charge is 0.345 e. The average Bonchev–Trinajstić information content (AvgIpc) is 3.90. The lowest BCUT2D eigenvalue weighted by Crippen LogP contribution is -2.09. The molecule has 0 aliphatic heterocycles. The third-order valence-corrected chi connectivity index (χ3v) is 14.0. The molecule has 0 unspecified atom stereocenters. The summed E-state index contributed by atoms with van der Waals surface area (Å²) in [6, 6.07) is 34.4. The lowest BCUT2D eigenvalue weighted by molar-refractivity contribution is 0.0702. The van der Waals surface area contributed by atoms with Crippen LogP contribution in [0.4, 0.5) is 17.1 Å². The Labute approximate surface area is 331 Å². The molecule has 0 aliphatic rings. The number of carbonyl (C=O) groups is 1. The molecule has 0 saturated carbocycles. The number of thiophene rings is 3. The predicted molar refractivity (Wildman–Crippen MR) is 229 cm³/mol. The summed E-state index contributed by atoms with van der Waals surface area (Å²) < 4.78 is 2.11. The highest BCUT2D eigenvalue weighted by atomic mass is 79.9. The van der Waals surface area contributed by atoms with Crippen molar-refractivity contribution < 1.29 is 9.90 Å². The van der Waals surface area contributed by atoms with Crippen molar-refractivity contribution in [3.05, 3.63) is 122 Å². The Morgan fingerprint density at radius 1 is 0.569 bits per heavy atom. The van der Waals surface area contributed by atoms with E-state index in [0.717, 1.165) is 43.7 Å². The van der Waals surface area contributed by atoms with Crippen LogP contribution in [0, 0.1) is 0 Å². The van der Waals surface area contributed by atoms with Crippen LogP contribution in [0.2, 0.25) is 0 Å². The Balaban J connectivity index is 1.38. The summed E-state index contributed by atoms with van der Waals surface area (Å²) in [6.45, 7) is 4.53. The molecule has 0 bridgehead atoms. The molecule has 8 heteroatoms. The molecule has 264 valence electrons. The standard InChI is InChI=1S/C43H43Br2NO2S3/c1-3-5-7-9-11-30-27-39(29-13-19-34(20-14-29)46(35-21-15-32(44)16-22-35)36-23-17-33(45)18-24-36)50-41(30)42-31(12-10-8-6-4-2)28-40(51-42)37-25-26-38(49-37)43(47)48/h13-28H,3-12H2,1-2H3,(H,47,48). The largest absolute Gasteiger partial charge is 0.477 e. The number of anilines is 3. The first-order chi connectivity index (χ1) is 24.8. The molecule has 3 aromatic heterocycles. The van der Waals surface area contributed by atoms with Crippen LogP contribution in [0.3, 0.4) is 0 Å². The SMILES string of the molecule is CCCCCCc1cc(-c2ccc(N(c3ccc(Br)cc3)c3ccc(Br)cc3)cc2)sc1-c1sc(-c2ccc(C(=O)O)s2)cc1CCCCCC. The maximum atomic E-state index is 11.7. The summed E-state index contributed by atoms with van der Waals surface area (Å²) in [7, 11) is 0. The minimum Gasteiger partial charge on any atom is -0.477 e. The Bertz CT molecular complexity index is 1980. The third kappa shape index (κ3) is 9.51. The second-order valence-electron chi connectivity index (χ2n) is 12.9. The molecule has 6 rings (SSSR count). The molecule has 1 N–H and O–H groups in total. The van der Waals surface area contributed by atoms with E-state index >= 15 is 0 Å². The van der Waals surface area contributed by atoms with Gasteiger partial charge < -0.3 is 10.0 Å². The molecular formula is C43H43Br2NO2S3. The van der Waals surface area contributed by atoms with Crippen LogP contribution >= 0.6 is 65.9 Å². The van der Waals surface area contributed by atoms with Crippen molar-refractivity contribution in [3.8, 4) is 29.9 Å². The molecule has 0 amide bonds. The molecule has 51 heavy (non-hydrogen) atoms. The van der Waals surface area contributed by atoms with Gasteiger partial charge in [0.05, 0.1) is 0 Å². The minimum atomic E-state index is -0.858. The Kier molecular flexibility index (Phi) is 13.4. The van der Waals surface area contributed by atoms with Crippen LogP contribution in [0.15, 0.2) is 106 Å². The average molecular weight is 862 g/mol. The van der Waals surface area contributed by atoms with E-state index in [1.54, 1.807) is 6.07 Å². The van der Waals surface area contributed by atoms with Gasteiger partial charge in [-0.25, -0.2) is 4.79 Å². The van der Waals surface area contributed by atoms with E-state index in [1.165, 1.54) is 98.9 Å². The van der Waals surface area contributed by atoms with Crippen molar-refractivity contribution in [2.75, 3.05) is 4.90 Å². The van der Waals surface area contributed by atoms with Crippen molar-refractivity contribution in [1.82, 2.24) is 0 Å². The van der Waals surface area contributed by atoms with Gasteiger partial charge in [-0.1, -0.05) is 96.4 Å². The molecule has 0 radical (unpaired) electrons. The zero-order valence-electron chi connectivity index (χ0n) is 29.1. The molecule has 0 atom stereocenters. The van der Waals surface area contributed by atoms with Gasteiger partial charge in [-0.05, 0) is 127 Å². The number of hydrogen-bond acceptors (Lipinski definition) is 5. The van der Waals surface area contributed by atoms with E-state index in [2.05, 4.69) is 136 Å². The highest BCUT2D eigenvalue weighted by molar-refractivity contribution is 9.10. The fourth-order valence-corrected chi connectivity index (χ4v) is 10.4. The molecule has 0 fully saturated rings. The number of carboxylic acid groups (broad SMARTS) is 1. The van der Waals surface area contributed by atoms with Gasteiger partial charge in [-0.3, -0.25) is 0 Å². The van der Waals surface area contributed by atoms with Gasteiger partial charge in [0.2, 0.25) is 0 Å². The molecule has 0 spiro atoms. The second kappa shape index (κ2) is 18.2. The summed E-state index contributed by atoms with van der Waals surface area (Å²) in [4.78, 5) is 20.6. The second-order valence-corrected chi connectivity index (χ2v) is 17.9. The van der Waals surface area contributed by atoms with Crippen molar-refractivity contribution >= 4 is 88.9 Å². The van der Waals surface area contributed by atoms with Crippen LogP contribution in [-0.2, 0) is 12.8 Å². The third-order valence-electron chi connectivity index (χ3n) is 9.06. The van der Waals surface area contributed by atoms with E-state index in [9.17, 15) is 9.90 Å². The first kappa shape index (κ1) is 37.7. The highest BCUT2D eigenvalue weighted by Crippen LogP contribution is 2.48. The van der Waals surface area contributed by atoms with E-state index in [1.807, 2.05) is 28.7 Å². The number of hydrogen-bond donors (Lipinski definition) is 1. The summed E-state index contributed by atoms with van der Waals surface area (Å²) >= 11 is 12.3. The summed E-state index contributed by atoms with van der Waals surface area (Å²) in [5, 5.41) is 9.61. The van der Waals surface area contributed by atoms with E-state index in [0.29, 0.717) is 4.88 Å². The van der Waals surface area contributed by atoms with Gasteiger partial charge in [-0.2, -0.15) is 0 Å². The molecule has 0 aliphatic carbocycles. The first-order valence-corrected chi connectivity index (χ1v) is 21.9. The number of unbranched alkanes of at least 4 members (excludes halogenated alkanes) is 6. The lowest BCUT2D eigenvalue weighted by Gasteiger charge is -2.25. The topological polar surface area (TPSA) is 40.5 Å². The Hall–Kier alpha value is -3.01. The lowest BCUT2D eigenvalue weighted by atomic mass is 10.0. The highest BCUT2D eigenvalue weighted by Gasteiger charge is 2.21. The van der Waals surface area contributed by atoms with Gasteiger partial charge in [0, 0.05) is 50.4 Å². The van der Waals surface area contributed by atoms with Gasteiger partial charge in [-0.15, -0.1) is 34.0 Å². The van der Waals surface area contributed by atoms with E-state index in [4.69, 9.17) is 0 Å². The van der Waals surface area contributed by atoms with Crippen LogP contribution in [0.5, 0.6) is 0 Å². The maximum absolute atomic E-state index is 11.7. The van der Waals surface area contributed by atoms with Gasteiger partial charge in [0.25, 0.3) is 0 Å². The van der Waals surface area contributed by atoms with Gasteiger partial charge in [0.15, 0.2) is 0 Å². The minimum absolute atomic E-state index is 0.391. The van der Waals surface area contributed by atoms with Gasteiger partial charge >= 0.3 is 5.97 Å². The van der Waals surface area contributed by atoms with Crippen molar-refractivity contribution in [3.63, 3.8) is 0 Å². The number of benzene rings is 3. The van der Waals surface area contributed by atoms with Crippen LogP contribution in [-0.4, -0.2) is 11.1 Å². The fraction of sp³-hybridized carbons (Fsp3) is 0.279. The quantitative estimate of drug-likeness (QED) is 0.0929. The Morgan fingerprint density at radius 3 is 1.51 bits per heavy atom. The van der Waals surface area contributed by atoms with Crippen molar-refractivity contribution in [2.45, 2.75) is 78.1 Å². The molecule has 3 heterocycles. The normalized spacial score (nSPS) is 11.3. The fourth-order valence-electron chi connectivity index (χ4n) is 6.35. The summed E-state index contributed by atoms with van der Waals surface area (Å²) in [6.07, 6.45) is 11.9. The monoisotopic (exact) mass is 859 g/mol. The van der Waals surface area contributed by atoms with Crippen LogP contribution in [0.25, 0.3) is 29.9 Å². The van der Waals surface area contributed by atoms with Gasteiger partial charge in [0.1, 0.15) is 4.88 Å².